The minimum Gasteiger partial charge on any atom is -0.344 e. The van der Waals surface area contributed by atoms with Gasteiger partial charge in [-0.25, -0.2) is 0 Å². The van der Waals surface area contributed by atoms with Crippen molar-refractivity contribution in [2.75, 3.05) is 11.9 Å². The molecule has 2 aromatic rings. The van der Waals surface area contributed by atoms with Gasteiger partial charge in [0.1, 0.15) is 0 Å². The van der Waals surface area contributed by atoms with Crippen molar-refractivity contribution >= 4 is 33.1 Å². The van der Waals surface area contributed by atoms with Crippen LogP contribution in [0.2, 0.25) is 0 Å². The third kappa shape index (κ3) is 3.04. The first-order chi connectivity index (χ1) is 8.99. The zero-order valence-electron chi connectivity index (χ0n) is 11.3. The summed E-state index contributed by atoms with van der Waals surface area (Å²) in [6, 6.07) is 14.0. The zero-order valence-corrected chi connectivity index (χ0v) is 12.9. The summed E-state index contributed by atoms with van der Waals surface area (Å²) in [6.07, 6.45) is 0. The van der Waals surface area contributed by atoms with Gasteiger partial charge in [-0.15, -0.1) is 0 Å². The summed E-state index contributed by atoms with van der Waals surface area (Å²) in [4.78, 5) is 13.4. The van der Waals surface area contributed by atoms with E-state index in [0.29, 0.717) is 5.56 Å². The number of halogens is 1. The highest BCUT2D eigenvalue weighted by atomic mass is 79.9. The van der Waals surface area contributed by atoms with Crippen LogP contribution in [0.3, 0.4) is 0 Å². The van der Waals surface area contributed by atoms with Crippen LogP contribution < -0.4 is 4.90 Å². The smallest absolute Gasteiger partial charge is 0.159 e. The lowest BCUT2D eigenvalue weighted by Crippen LogP contribution is -2.10. The average molecular weight is 318 g/mol. The van der Waals surface area contributed by atoms with Crippen LogP contribution >= 0.6 is 15.9 Å². The maximum atomic E-state index is 11.4. The Hall–Kier alpha value is -1.61. The van der Waals surface area contributed by atoms with Crippen LogP contribution in [0, 0.1) is 6.92 Å². The molecule has 19 heavy (non-hydrogen) atoms. The molecule has 0 aliphatic heterocycles. The molecule has 0 N–H and O–H groups in total. The van der Waals surface area contributed by atoms with Crippen LogP contribution in [0.25, 0.3) is 0 Å². The summed E-state index contributed by atoms with van der Waals surface area (Å²) in [5.74, 6) is 0.0743. The van der Waals surface area contributed by atoms with E-state index in [1.807, 2.05) is 25.2 Å². The van der Waals surface area contributed by atoms with Gasteiger partial charge in [-0.2, -0.15) is 0 Å². The van der Waals surface area contributed by atoms with Gasteiger partial charge in [-0.1, -0.05) is 17.7 Å². The highest BCUT2D eigenvalue weighted by Crippen LogP contribution is 2.31. The number of anilines is 2. The van der Waals surface area contributed by atoms with Gasteiger partial charge in [0.05, 0.1) is 5.69 Å². The van der Waals surface area contributed by atoms with E-state index in [9.17, 15) is 4.79 Å². The first-order valence-electron chi connectivity index (χ1n) is 6.10. The van der Waals surface area contributed by atoms with Crippen LogP contribution in [0.5, 0.6) is 0 Å². The summed E-state index contributed by atoms with van der Waals surface area (Å²) in [5.41, 5.74) is 4.10. The summed E-state index contributed by atoms with van der Waals surface area (Å²) < 4.78 is 0.920. The molecule has 0 atom stereocenters. The number of carbonyl (C=O) groups excluding carboxylic acids is 1. The molecule has 0 bridgehead atoms. The topological polar surface area (TPSA) is 20.3 Å². The van der Waals surface area contributed by atoms with E-state index in [1.54, 1.807) is 6.92 Å². The number of aryl methyl sites for hydroxylation is 1. The second kappa shape index (κ2) is 5.57. The van der Waals surface area contributed by atoms with E-state index in [0.717, 1.165) is 15.8 Å². The summed E-state index contributed by atoms with van der Waals surface area (Å²) in [5, 5.41) is 0. The second-order valence-corrected chi connectivity index (χ2v) is 5.47. The van der Waals surface area contributed by atoms with Gasteiger partial charge >= 0.3 is 0 Å². The molecule has 0 saturated carbocycles. The van der Waals surface area contributed by atoms with Gasteiger partial charge in [0.15, 0.2) is 5.78 Å². The lowest BCUT2D eigenvalue weighted by Gasteiger charge is -2.21. The maximum absolute atomic E-state index is 11.4. The quantitative estimate of drug-likeness (QED) is 0.763. The largest absolute Gasteiger partial charge is 0.344 e. The highest BCUT2D eigenvalue weighted by Gasteiger charge is 2.10. The predicted octanol–water partition coefficient (Wildman–Crippen LogP) is 4.73. The van der Waals surface area contributed by atoms with E-state index in [1.165, 1.54) is 5.56 Å². The van der Waals surface area contributed by atoms with E-state index in [-0.39, 0.29) is 5.78 Å². The average Bonchev–Trinajstić information content (AvgIpc) is 2.38. The third-order valence-corrected chi connectivity index (χ3v) is 3.77. The van der Waals surface area contributed by atoms with E-state index in [4.69, 9.17) is 0 Å². The van der Waals surface area contributed by atoms with Crippen LogP contribution in [0.1, 0.15) is 22.8 Å². The van der Waals surface area contributed by atoms with Gasteiger partial charge in [0, 0.05) is 22.8 Å². The molecule has 0 saturated heterocycles. The fraction of sp³-hybridized carbons (Fsp3) is 0.188. The van der Waals surface area contributed by atoms with Crippen molar-refractivity contribution in [2.24, 2.45) is 0 Å². The number of hydrogen-bond donors (Lipinski definition) is 0. The molecule has 3 heteroatoms. The molecule has 0 fully saturated rings. The first kappa shape index (κ1) is 13.8. The molecule has 0 radical (unpaired) electrons. The second-order valence-electron chi connectivity index (χ2n) is 4.62. The maximum Gasteiger partial charge on any atom is 0.159 e. The fourth-order valence-corrected chi connectivity index (χ4v) is 2.55. The molecule has 2 nitrogen and oxygen atoms in total. The number of hydrogen-bond acceptors (Lipinski definition) is 2. The predicted molar refractivity (Wildman–Crippen MR) is 83.4 cm³/mol. The Morgan fingerprint density at radius 3 is 2.26 bits per heavy atom. The highest BCUT2D eigenvalue weighted by molar-refractivity contribution is 9.10. The SMILES string of the molecule is CC(=O)c1ccc(N(C)c2ccc(C)cc2)c(Br)c1. The molecular formula is C16H16BrNO. The minimum absolute atomic E-state index is 0.0743. The van der Waals surface area contributed by atoms with Crippen molar-refractivity contribution in [3.8, 4) is 0 Å². The third-order valence-electron chi connectivity index (χ3n) is 3.14. The van der Waals surface area contributed by atoms with Gasteiger partial charge in [0.25, 0.3) is 0 Å². The Labute approximate surface area is 122 Å². The Bertz CT molecular complexity index is 605. The number of benzene rings is 2. The molecule has 98 valence electrons. The zero-order chi connectivity index (χ0) is 14.0. The number of nitrogens with zero attached hydrogens (tertiary/aromatic N) is 1. The van der Waals surface area contributed by atoms with Gasteiger partial charge in [-0.05, 0) is 60.1 Å². The summed E-state index contributed by atoms with van der Waals surface area (Å²) in [6.45, 7) is 3.65. The normalized spacial score (nSPS) is 10.3. The fourth-order valence-electron chi connectivity index (χ4n) is 1.91. The van der Waals surface area contributed by atoms with Crippen molar-refractivity contribution in [3.63, 3.8) is 0 Å². The molecule has 0 aromatic heterocycles. The van der Waals surface area contributed by atoms with Crippen LogP contribution in [-0.2, 0) is 0 Å². The number of Topliss-reactive ketones (excluding diaryl/α,β-unsaturated/α-hetero) is 1. The van der Waals surface area contributed by atoms with Crippen molar-refractivity contribution in [1.82, 2.24) is 0 Å². The lowest BCUT2D eigenvalue weighted by molar-refractivity contribution is 0.101. The van der Waals surface area contributed by atoms with E-state index in [2.05, 4.69) is 52.0 Å². The molecule has 2 rings (SSSR count). The van der Waals surface area contributed by atoms with Crippen LogP contribution in [0.15, 0.2) is 46.9 Å². The van der Waals surface area contributed by atoms with Crippen molar-refractivity contribution in [1.29, 1.82) is 0 Å². The monoisotopic (exact) mass is 317 g/mol. The number of rotatable bonds is 3. The van der Waals surface area contributed by atoms with E-state index < -0.39 is 0 Å². The van der Waals surface area contributed by atoms with Gasteiger partial charge in [-0.3, -0.25) is 4.79 Å². The van der Waals surface area contributed by atoms with Crippen molar-refractivity contribution < 1.29 is 4.79 Å². The molecule has 0 unspecified atom stereocenters. The summed E-state index contributed by atoms with van der Waals surface area (Å²) in [7, 11) is 2.01. The van der Waals surface area contributed by atoms with Crippen LogP contribution in [-0.4, -0.2) is 12.8 Å². The molecule has 0 amide bonds. The van der Waals surface area contributed by atoms with Gasteiger partial charge < -0.3 is 4.90 Å². The Morgan fingerprint density at radius 2 is 1.74 bits per heavy atom. The van der Waals surface area contributed by atoms with Gasteiger partial charge in [0.2, 0.25) is 0 Å². The Balaban J connectivity index is 2.36. The first-order valence-corrected chi connectivity index (χ1v) is 6.89. The summed E-state index contributed by atoms with van der Waals surface area (Å²) >= 11 is 3.53. The molecule has 2 aromatic carbocycles. The Morgan fingerprint density at radius 1 is 1.11 bits per heavy atom. The Kier molecular flexibility index (Phi) is 4.05. The minimum atomic E-state index is 0.0743. The molecular weight excluding hydrogens is 302 g/mol. The number of carbonyl (C=O) groups is 1. The molecule has 0 heterocycles. The molecule has 0 aliphatic rings. The van der Waals surface area contributed by atoms with Crippen LogP contribution in [0.4, 0.5) is 11.4 Å². The van der Waals surface area contributed by atoms with E-state index >= 15 is 0 Å². The molecule has 0 spiro atoms. The molecule has 0 aliphatic carbocycles. The lowest BCUT2D eigenvalue weighted by atomic mass is 10.1. The van der Waals surface area contributed by atoms with Crippen molar-refractivity contribution in [2.45, 2.75) is 13.8 Å². The number of ketones is 1. The van der Waals surface area contributed by atoms with Crippen molar-refractivity contribution in [3.05, 3.63) is 58.1 Å². The standard InChI is InChI=1S/C16H16BrNO/c1-11-4-7-14(8-5-11)18(3)16-9-6-13(12(2)19)10-15(16)17/h4-10H,1-3H3.